The molecule has 2 aromatic rings. The van der Waals surface area contributed by atoms with E-state index in [9.17, 15) is 0 Å². The number of fused-ring (bicyclic) bond motifs is 1. The molecule has 0 atom stereocenters. The molecule has 0 heterocycles. The molecule has 1 aliphatic carbocycles. The van der Waals surface area contributed by atoms with E-state index in [2.05, 4.69) is 47.8 Å². The maximum absolute atomic E-state index is 3.72. The van der Waals surface area contributed by atoms with Crippen LogP contribution in [-0.2, 0) is 0 Å². The van der Waals surface area contributed by atoms with E-state index in [1.165, 1.54) is 66.5 Å². The summed E-state index contributed by atoms with van der Waals surface area (Å²) in [6.07, 6.45) is 8.31. The summed E-state index contributed by atoms with van der Waals surface area (Å²) < 4.78 is 0. The van der Waals surface area contributed by atoms with E-state index in [1.54, 1.807) is 0 Å². The summed E-state index contributed by atoms with van der Waals surface area (Å²) >= 11 is 1.98. The normalized spacial score (nSPS) is 16.4. The van der Waals surface area contributed by atoms with Crippen molar-refractivity contribution in [3.63, 3.8) is 0 Å². The maximum Gasteiger partial charge on any atom is 0.00783 e. The third-order valence-electron chi connectivity index (χ3n) is 4.35. The highest BCUT2D eigenvalue weighted by atomic mass is 32.2. The van der Waals surface area contributed by atoms with Crippen molar-refractivity contribution >= 4 is 22.5 Å². The quantitative estimate of drug-likeness (QED) is 0.578. The Morgan fingerprint density at radius 1 is 0.952 bits per heavy atom. The van der Waals surface area contributed by atoms with Crippen molar-refractivity contribution in [2.24, 2.45) is 0 Å². The van der Waals surface area contributed by atoms with Gasteiger partial charge in [0, 0.05) is 10.9 Å². The van der Waals surface area contributed by atoms with Crippen molar-refractivity contribution in [1.82, 2.24) is 5.32 Å². The molecule has 0 spiro atoms. The van der Waals surface area contributed by atoms with Gasteiger partial charge in [0.1, 0.15) is 0 Å². The number of hydrogen-bond acceptors (Lipinski definition) is 2. The molecule has 1 nitrogen and oxygen atoms in total. The van der Waals surface area contributed by atoms with E-state index in [0.29, 0.717) is 0 Å². The average molecular weight is 299 g/mol. The number of thioether (sulfide) groups is 1. The summed E-state index contributed by atoms with van der Waals surface area (Å²) in [6.45, 7) is 1.17. The molecule has 112 valence electrons. The Bertz CT molecular complexity index is 560. The topological polar surface area (TPSA) is 12.0 Å². The van der Waals surface area contributed by atoms with E-state index in [0.717, 1.165) is 6.04 Å². The zero-order valence-electron chi connectivity index (χ0n) is 12.7. The van der Waals surface area contributed by atoms with Crippen molar-refractivity contribution in [2.75, 3.05) is 12.3 Å². The first-order valence-electron chi connectivity index (χ1n) is 8.27. The Morgan fingerprint density at radius 3 is 2.62 bits per heavy atom. The lowest BCUT2D eigenvalue weighted by atomic mass is 9.95. The van der Waals surface area contributed by atoms with E-state index >= 15 is 0 Å². The Labute approximate surface area is 132 Å². The minimum absolute atomic E-state index is 0.796. The summed E-state index contributed by atoms with van der Waals surface area (Å²) in [5.41, 5.74) is 0. The third-order valence-corrected chi connectivity index (χ3v) is 5.43. The first-order valence-corrected chi connectivity index (χ1v) is 9.25. The predicted octanol–water partition coefficient (Wildman–Crippen LogP) is 5.24. The molecule has 0 unspecified atom stereocenters. The first-order chi connectivity index (χ1) is 10.4. The van der Waals surface area contributed by atoms with Crippen LogP contribution in [0.15, 0.2) is 47.4 Å². The van der Waals surface area contributed by atoms with Gasteiger partial charge in [-0.2, -0.15) is 0 Å². The van der Waals surface area contributed by atoms with Crippen LogP contribution in [0.25, 0.3) is 10.8 Å². The zero-order valence-corrected chi connectivity index (χ0v) is 13.5. The highest BCUT2D eigenvalue weighted by molar-refractivity contribution is 7.99. The van der Waals surface area contributed by atoms with Gasteiger partial charge in [-0.25, -0.2) is 0 Å². The lowest BCUT2D eigenvalue weighted by Gasteiger charge is -2.22. The van der Waals surface area contributed by atoms with Gasteiger partial charge >= 0.3 is 0 Å². The third kappa shape index (κ3) is 4.49. The van der Waals surface area contributed by atoms with Crippen LogP contribution in [0.5, 0.6) is 0 Å². The van der Waals surface area contributed by atoms with Crippen molar-refractivity contribution < 1.29 is 0 Å². The van der Waals surface area contributed by atoms with E-state index < -0.39 is 0 Å². The highest BCUT2D eigenvalue weighted by Gasteiger charge is 2.11. The molecule has 0 aliphatic heterocycles. The van der Waals surface area contributed by atoms with Gasteiger partial charge in [0.25, 0.3) is 0 Å². The van der Waals surface area contributed by atoms with Crippen LogP contribution in [-0.4, -0.2) is 18.3 Å². The fraction of sp³-hybridized carbons (Fsp3) is 0.474. The van der Waals surface area contributed by atoms with Gasteiger partial charge in [-0.05, 0) is 54.5 Å². The van der Waals surface area contributed by atoms with Crippen LogP contribution in [0.3, 0.4) is 0 Å². The Kier molecular flexibility index (Phi) is 5.59. The Balaban J connectivity index is 1.39. The average Bonchev–Trinajstić information content (AvgIpc) is 2.55. The van der Waals surface area contributed by atoms with Gasteiger partial charge in [0.05, 0.1) is 0 Å². The molecule has 3 rings (SSSR count). The Morgan fingerprint density at radius 2 is 1.76 bits per heavy atom. The fourth-order valence-corrected chi connectivity index (χ4v) is 4.03. The van der Waals surface area contributed by atoms with Crippen molar-refractivity contribution in [3.8, 4) is 0 Å². The summed E-state index contributed by atoms with van der Waals surface area (Å²) in [5.74, 6) is 1.21. The lowest BCUT2D eigenvalue weighted by molar-refractivity contribution is 0.375. The summed E-state index contributed by atoms with van der Waals surface area (Å²) in [6, 6.07) is 16.2. The molecular weight excluding hydrogens is 274 g/mol. The number of rotatable bonds is 6. The summed E-state index contributed by atoms with van der Waals surface area (Å²) in [7, 11) is 0. The monoisotopic (exact) mass is 299 g/mol. The first kappa shape index (κ1) is 14.9. The van der Waals surface area contributed by atoms with Gasteiger partial charge in [0.15, 0.2) is 0 Å². The minimum atomic E-state index is 0.796. The second kappa shape index (κ2) is 7.86. The zero-order chi connectivity index (χ0) is 14.3. The number of benzene rings is 2. The fourth-order valence-electron chi connectivity index (χ4n) is 3.13. The molecule has 0 bridgehead atoms. The lowest BCUT2D eigenvalue weighted by Crippen LogP contribution is -2.31. The van der Waals surface area contributed by atoms with Gasteiger partial charge in [-0.15, -0.1) is 11.8 Å². The largest absolute Gasteiger partial charge is 0.314 e. The molecule has 0 radical (unpaired) electrons. The molecule has 0 amide bonds. The molecule has 21 heavy (non-hydrogen) atoms. The van der Waals surface area contributed by atoms with Crippen molar-refractivity contribution in [3.05, 3.63) is 42.5 Å². The summed E-state index contributed by atoms with van der Waals surface area (Å²) in [4.78, 5) is 1.39. The van der Waals surface area contributed by atoms with E-state index in [1.807, 2.05) is 11.8 Å². The van der Waals surface area contributed by atoms with Gasteiger partial charge in [0.2, 0.25) is 0 Å². The molecule has 1 fully saturated rings. The maximum atomic E-state index is 3.72. The van der Waals surface area contributed by atoms with E-state index in [4.69, 9.17) is 0 Å². The van der Waals surface area contributed by atoms with Crippen LogP contribution in [0.4, 0.5) is 0 Å². The Hall–Kier alpha value is -0.990. The molecule has 1 aliphatic rings. The molecule has 0 saturated heterocycles. The van der Waals surface area contributed by atoms with Gasteiger partial charge in [-0.1, -0.05) is 49.6 Å². The number of nitrogens with one attached hydrogen (secondary N) is 1. The van der Waals surface area contributed by atoms with Crippen LogP contribution in [0.2, 0.25) is 0 Å². The van der Waals surface area contributed by atoms with Gasteiger partial charge < -0.3 is 5.32 Å². The van der Waals surface area contributed by atoms with Crippen molar-refractivity contribution in [1.29, 1.82) is 0 Å². The predicted molar refractivity (Wildman–Crippen MR) is 94.2 cm³/mol. The van der Waals surface area contributed by atoms with Crippen LogP contribution < -0.4 is 5.32 Å². The number of hydrogen-bond donors (Lipinski definition) is 1. The molecule has 2 aromatic carbocycles. The van der Waals surface area contributed by atoms with Gasteiger partial charge in [-0.3, -0.25) is 0 Å². The summed E-state index contributed by atoms with van der Waals surface area (Å²) in [5, 5.41) is 6.41. The minimum Gasteiger partial charge on any atom is -0.314 e. The van der Waals surface area contributed by atoms with Crippen molar-refractivity contribution in [2.45, 2.75) is 49.5 Å². The molecule has 0 aromatic heterocycles. The molecule has 2 heteroatoms. The smallest absolute Gasteiger partial charge is 0.00783 e. The van der Waals surface area contributed by atoms with E-state index in [-0.39, 0.29) is 0 Å². The van der Waals surface area contributed by atoms with Crippen LogP contribution in [0.1, 0.15) is 38.5 Å². The molecule has 1 saturated carbocycles. The SMILES string of the molecule is c1ccc2cc(SCCCNC3CCCCC3)ccc2c1. The molecular formula is C19H25NS. The van der Waals surface area contributed by atoms with Crippen LogP contribution in [0, 0.1) is 0 Å². The molecule has 1 N–H and O–H groups in total. The second-order valence-electron chi connectivity index (χ2n) is 6.00. The van der Waals surface area contributed by atoms with Crippen LogP contribution >= 0.6 is 11.8 Å². The standard InChI is InChI=1S/C19H25NS/c1-2-9-18(10-3-1)20-13-6-14-21-19-12-11-16-7-4-5-8-17(16)15-19/h4-5,7-8,11-12,15,18,20H,1-3,6,9-10,13-14H2. The highest BCUT2D eigenvalue weighted by Crippen LogP contribution is 2.24. The second-order valence-corrected chi connectivity index (χ2v) is 7.17.